The average Bonchev–Trinajstić information content (AvgIpc) is 3.43. The highest BCUT2D eigenvalue weighted by molar-refractivity contribution is 7.98. The molecule has 2 saturated heterocycles. The van der Waals surface area contributed by atoms with Gasteiger partial charge in [-0.3, -0.25) is 4.31 Å². The maximum Gasteiger partial charge on any atom is 0.232 e. The molecule has 0 radical (unpaired) electrons. The van der Waals surface area contributed by atoms with Crippen LogP contribution in [0.15, 0.2) is 29.3 Å². The van der Waals surface area contributed by atoms with Gasteiger partial charge in [0.25, 0.3) is 0 Å². The molecule has 1 aromatic carbocycles. The second-order valence-corrected chi connectivity index (χ2v) is 12.6. The van der Waals surface area contributed by atoms with Crippen LogP contribution >= 0.6 is 11.8 Å². The molecule has 2 fully saturated rings. The van der Waals surface area contributed by atoms with E-state index in [-0.39, 0.29) is 6.10 Å². The van der Waals surface area contributed by atoms with Gasteiger partial charge in [-0.2, -0.15) is 5.26 Å². The van der Waals surface area contributed by atoms with E-state index in [1.165, 1.54) is 42.2 Å². The summed E-state index contributed by atoms with van der Waals surface area (Å²) in [4.78, 5) is 13.3. The number of pyridine rings is 1. The molecule has 9 nitrogen and oxygen atoms in total. The normalized spacial score (nSPS) is 18.2. The standard InChI is InChI=1S/C27H34N6O3S2/c1-5-23-24(16-28)27(37-19-20-8-10-21(11-9-20)31(3)38(4,34)35)30-26(25(23)29-2)33-14-15-36-22(18-33)17-32-12-6-7-13-32/h8-11,22H,5-7,12-15,17-19H2,1,3-4H3. The second-order valence-electron chi connectivity index (χ2n) is 9.65. The highest BCUT2D eigenvalue weighted by Gasteiger charge is 2.29. The highest BCUT2D eigenvalue weighted by Crippen LogP contribution is 2.39. The molecular formula is C27H34N6O3S2. The predicted molar refractivity (Wildman–Crippen MR) is 151 cm³/mol. The van der Waals surface area contributed by atoms with Crippen molar-refractivity contribution in [3.8, 4) is 6.07 Å². The van der Waals surface area contributed by atoms with E-state index >= 15 is 0 Å². The van der Waals surface area contributed by atoms with E-state index in [0.717, 1.165) is 30.8 Å². The summed E-state index contributed by atoms with van der Waals surface area (Å²) < 4.78 is 31.0. The molecule has 2 aliphatic rings. The van der Waals surface area contributed by atoms with Gasteiger partial charge in [-0.25, -0.2) is 18.2 Å². The molecule has 0 spiro atoms. The van der Waals surface area contributed by atoms with Gasteiger partial charge in [-0.15, -0.1) is 11.8 Å². The minimum Gasteiger partial charge on any atom is -0.373 e. The van der Waals surface area contributed by atoms with Crippen LogP contribution in [0.4, 0.5) is 17.2 Å². The molecule has 38 heavy (non-hydrogen) atoms. The lowest BCUT2D eigenvalue weighted by Gasteiger charge is -2.36. The van der Waals surface area contributed by atoms with E-state index in [9.17, 15) is 13.7 Å². The Morgan fingerprint density at radius 2 is 1.97 bits per heavy atom. The first-order valence-electron chi connectivity index (χ1n) is 12.8. The summed E-state index contributed by atoms with van der Waals surface area (Å²) in [6.45, 7) is 14.9. The van der Waals surface area contributed by atoms with Crippen molar-refractivity contribution in [1.29, 1.82) is 5.26 Å². The zero-order valence-electron chi connectivity index (χ0n) is 22.2. The summed E-state index contributed by atoms with van der Waals surface area (Å²) in [7, 11) is -1.81. The van der Waals surface area contributed by atoms with E-state index < -0.39 is 10.0 Å². The third-order valence-corrected chi connectivity index (χ3v) is 9.32. The Morgan fingerprint density at radius 3 is 2.58 bits per heavy atom. The number of benzene rings is 1. The van der Waals surface area contributed by atoms with Crippen LogP contribution in [0.1, 0.15) is 36.5 Å². The first-order valence-corrected chi connectivity index (χ1v) is 15.7. The first kappa shape index (κ1) is 28.2. The smallest absolute Gasteiger partial charge is 0.232 e. The summed E-state index contributed by atoms with van der Waals surface area (Å²) in [5.41, 5.74) is 3.23. The Labute approximate surface area is 230 Å². The Kier molecular flexibility index (Phi) is 9.16. The molecule has 3 heterocycles. The van der Waals surface area contributed by atoms with Crippen molar-refractivity contribution in [2.45, 2.75) is 43.1 Å². The summed E-state index contributed by atoms with van der Waals surface area (Å²) in [5, 5.41) is 10.6. The molecule has 4 rings (SSSR count). The quantitative estimate of drug-likeness (QED) is 0.339. The van der Waals surface area contributed by atoms with Crippen molar-refractivity contribution in [1.82, 2.24) is 9.88 Å². The van der Waals surface area contributed by atoms with Crippen LogP contribution in [0.2, 0.25) is 0 Å². The number of thioether (sulfide) groups is 1. The van der Waals surface area contributed by atoms with E-state index in [1.807, 2.05) is 19.1 Å². The lowest BCUT2D eigenvalue weighted by Crippen LogP contribution is -2.47. The predicted octanol–water partition coefficient (Wildman–Crippen LogP) is 4.06. The average molecular weight is 555 g/mol. The largest absolute Gasteiger partial charge is 0.373 e. The van der Waals surface area contributed by atoms with Crippen LogP contribution < -0.4 is 9.21 Å². The molecule has 0 N–H and O–H groups in total. The van der Waals surface area contributed by atoms with Crippen molar-refractivity contribution in [2.75, 3.05) is 61.8 Å². The summed E-state index contributed by atoms with van der Waals surface area (Å²) in [6.07, 6.45) is 4.25. The number of likely N-dealkylation sites (tertiary alicyclic amines) is 1. The molecule has 202 valence electrons. The van der Waals surface area contributed by atoms with Crippen molar-refractivity contribution >= 4 is 39.0 Å². The number of nitriles is 1. The number of morpholine rings is 1. The van der Waals surface area contributed by atoms with Gasteiger partial charge in [0.15, 0.2) is 0 Å². The Hall–Kier alpha value is -2.83. The zero-order chi connectivity index (χ0) is 27.3. The van der Waals surface area contributed by atoms with Gasteiger partial charge in [-0.05, 0) is 55.6 Å². The van der Waals surface area contributed by atoms with E-state index in [1.54, 1.807) is 12.1 Å². The molecule has 0 aliphatic carbocycles. The van der Waals surface area contributed by atoms with Crippen LogP contribution in [0.3, 0.4) is 0 Å². The van der Waals surface area contributed by atoms with Gasteiger partial charge < -0.3 is 14.5 Å². The van der Waals surface area contributed by atoms with E-state index in [2.05, 4.69) is 20.7 Å². The van der Waals surface area contributed by atoms with Gasteiger partial charge in [0, 0.05) is 32.4 Å². The fraction of sp³-hybridized carbons (Fsp3) is 0.519. The molecule has 11 heteroatoms. The van der Waals surface area contributed by atoms with Crippen molar-refractivity contribution < 1.29 is 13.2 Å². The fourth-order valence-corrected chi connectivity index (χ4v) is 6.37. The van der Waals surface area contributed by atoms with Gasteiger partial charge in [0.2, 0.25) is 15.7 Å². The van der Waals surface area contributed by atoms with Gasteiger partial charge in [-0.1, -0.05) is 19.1 Å². The Balaban J connectivity index is 1.58. The van der Waals surface area contributed by atoms with Gasteiger partial charge in [0.05, 0.1) is 36.8 Å². The second kappa shape index (κ2) is 12.4. The first-order chi connectivity index (χ1) is 18.2. The summed E-state index contributed by atoms with van der Waals surface area (Å²) in [6, 6.07) is 9.62. The number of rotatable bonds is 9. The third kappa shape index (κ3) is 6.41. The molecule has 1 aromatic heterocycles. The highest BCUT2D eigenvalue weighted by atomic mass is 32.2. The molecule has 0 saturated carbocycles. The Bertz CT molecular complexity index is 1330. The number of hydrogen-bond donors (Lipinski definition) is 0. The van der Waals surface area contributed by atoms with Crippen LogP contribution in [-0.4, -0.2) is 77.0 Å². The molecule has 2 aliphatic heterocycles. The van der Waals surface area contributed by atoms with Crippen molar-refractivity contribution in [3.05, 3.63) is 52.4 Å². The van der Waals surface area contributed by atoms with Crippen molar-refractivity contribution in [2.24, 2.45) is 0 Å². The van der Waals surface area contributed by atoms with Gasteiger partial charge in [0.1, 0.15) is 16.9 Å². The van der Waals surface area contributed by atoms with Crippen LogP contribution in [0.5, 0.6) is 0 Å². The lowest BCUT2D eigenvalue weighted by molar-refractivity contribution is 0.0200. The number of ether oxygens (including phenoxy) is 1. The molecule has 0 amide bonds. The zero-order valence-corrected chi connectivity index (χ0v) is 23.8. The minimum atomic E-state index is -3.33. The number of nitrogens with zero attached hydrogens (tertiary/aromatic N) is 6. The Morgan fingerprint density at radius 1 is 1.26 bits per heavy atom. The van der Waals surface area contributed by atoms with E-state index in [0.29, 0.717) is 59.7 Å². The number of anilines is 2. The van der Waals surface area contributed by atoms with Gasteiger partial charge >= 0.3 is 0 Å². The van der Waals surface area contributed by atoms with Crippen LogP contribution in [-0.2, 0) is 26.9 Å². The fourth-order valence-electron chi connectivity index (χ4n) is 4.91. The number of aromatic nitrogens is 1. The van der Waals surface area contributed by atoms with Crippen LogP contribution in [0.25, 0.3) is 4.85 Å². The third-order valence-electron chi connectivity index (χ3n) is 7.07. The van der Waals surface area contributed by atoms with Crippen LogP contribution in [0, 0.1) is 17.9 Å². The maximum absolute atomic E-state index is 11.8. The molecule has 1 unspecified atom stereocenters. The summed E-state index contributed by atoms with van der Waals surface area (Å²) >= 11 is 1.46. The number of hydrogen-bond acceptors (Lipinski definition) is 8. The minimum absolute atomic E-state index is 0.0580. The lowest BCUT2D eigenvalue weighted by atomic mass is 10.1. The SMILES string of the molecule is [C-]#[N+]c1c(N2CCOC(CN3CCCC3)C2)nc(SCc2ccc(N(C)S(C)(=O)=O)cc2)c(C#N)c1CC. The summed E-state index contributed by atoms with van der Waals surface area (Å²) in [5.74, 6) is 1.20. The molecular weight excluding hydrogens is 520 g/mol. The maximum atomic E-state index is 11.8. The number of sulfonamides is 1. The van der Waals surface area contributed by atoms with Crippen molar-refractivity contribution in [3.63, 3.8) is 0 Å². The van der Waals surface area contributed by atoms with E-state index in [4.69, 9.17) is 16.3 Å². The molecule has 2 aromatic rings. The monoisotopic (exact) mass is 554 g/mol. The molecule has 1 atom stereocenters. The topological polar surface area (TPSA) is 94.1 Å². The molecule has 0 bridgehead atoms.